The van der Waals surface area contributed by atoms with Crippen molar-refractivity contribution in [3.05, 3.63) is 0 Å². The molecule has 0 aromatic rings. The van der Waals surface area contributed by atoms with Gasteiger partial charge in [-0.3, -0.25) is 0 Å². The molecule has 0 N–H and O–H groups in total. The minimum absolute atomic E-state index is 0.827. The van der Waals surface area contributed by atoms with Crippen LogP contribution < -0.4 is 0 Å². The van der Waals surface area contributed by atoms with Crippen molar-refractivity contribution in [2.24, 2.45) is 5.92 Å². The van der Waals surface area contributed by atoms with Crippen molar-refractivity contribution in [2.75, 3.05) is 32.8 Å². The van der Waals surface area contributed by atoms with Gasteiger partial charge in [-0.2, -0.15) is 0 Å². The third-order valence-corrected chi connectivity index (χ3v) is 2.71. The SMILES string of the molecule is CCOCC1CCN(CC)CC1. The van der Waals surface area contributed by atoms with E-state index in [0.717, 1.165) is 19.1 Å². The largest absolute Gasteiger partial charge is 0.381 e. The van der Waals surface area contributed by atoms with Gasteiger partial charge in [0, 0.05) is 13.2 Å². The van der Waals surface area contributed by atoms with E-state index in [0.29, 0.717) is 0 Å². The molecule has 0 saturated carbocycles. The van der Waals surface area contributed by atoms with E-state index in [2.05, 4.69) is 18.7 Å². The number of likely N-dealkylation sites (tertiary alicyclic amines) is 1. The maximum Gasteiger partial charge on any atom is 0.0495 e. The minimum Gasteiger partial charge on any atom is -0.381 e. The highest BCUT2D eigenvalue weighted by Crippen LogP contribution is 2.16. The Labute approximate surface area is 75.9 Å². The van der Waals surface area contributed by atoms with Crippen LogP contribution in [0.2, 0.25) is 0 Å². The third-order valence-electron chi connectivity index (χ3n) is 2.71. The third kappa shape index (κ3) is 3.11. The molecule has 2 nitrogen and oxygen atoms in total. The van der Waals surface area contributed by atoms with Crippen LogP contribution in [0.3, 0.4) is 0 Å². The lowest BCUT2D eigenvalue weighted by Gasteiger charge is -2.30. The molecule has 1 saturated heterocycles. The van der Waals surface area contributed by atoms with E-state index in [1.165, 1.54) is 32.5 Å². The summed E-state index contributed by atoms with van der Waals surface area (Å²) < 4.78 is 5.42. The Hall–Kier alpha value is -0.0800. The summed E-state index contributed by atoms with van der Waals surface area (Å²) in [5, 5.41) is 0. The summed E-state index contributed by atoms with van der Waals surface area (Å²) in [6.45, 7) is 9.91. The Morgan fingerprint density at radius 3 is 2.42 bits per heavy atom. The summed E-state index contributed by atoms with van der Waals surface area (Å²) in [6, 6.07) is 0. The molecule has 0 unspecified atom stereocenters. The Morgan fingerprint density at radius 1 is 1.25 bits per heavy atom. The highest BCUT2D eigenvalue weighted by atomic mass is 16.5. The molecule has 2 heteroatoms. The average Bonchev–Trinajstić information content (AvgIpc) is 2.15. The number of piperidine rings is 1. The van der Waals surface area contributed by atoms with Crippen molar-refractivity contribution < 1.29 is 4.74 Å². The van der Waals surface area contributed by atoms with Crippen LogP contribution in [0.5, 0.6) is 0 Å². The molecule has 0 radical (unpaired) electrons. The summed E-state index contributed by atoms with van der Waals surface area (Å²) in [5.41, 5.74) is 0. The Bertz CT molecular complexity index is 108. The lowest BCUT2D eigenvalue weighted by molar-refractivity contribution is 0.0756. The molecule has 12 heavy (non-hydrogen) atoms. The van der Waals surface area contributed by atoms with Crippen molar-refractivity contribution in [1.29, 1.82) is 0 Å². The second-order valence-electron chi connectivity index (χ2n) is 3.54. The van der Waals surface area contributed by atoms with Crippen LogP contribution in [0.25, 0.3) is 0 Å². The number of hydrogen-bond donors (Lipinski definition) is 0. The Morgan fingerprint density at radius 2 is 1.92 bits per heavy atom. The maximum absolute atomic E-state index is 5.42. The number of nitrogens with zero attached hydrogens (tertiary/aromatic N) is 1. The average molecular weight is 171 g/mol. The molecule has 1 rings (SSSR count). The molecule has 0 amide bonds. The van der Waals surface area contributed by atoms with Gasteiger partial charge in [-0.1, -0.05) is 6.92 Å². The van der Waals surface area contributed by atoms with E-state index in [-0.39, 0.29) is 0 Å². The molecule has 1 aliphatic rings. The van der Waals surface area contributed by atoms with Crippen LogP contribution in [0.1, 0.15) is 26.7 Å². The lowest BCUT2D eigenvalue weighted by Crippen LogP contribution is -2.34. The smallest absolute Gasteiger partial charge is 0.0495 e. The Balaban J connectivity index is 2.09. The van der Waals surface area contributed by atoms with Gasteiger partial charge in [0.15, 0.2) is 0 Å². The molecule has 0 spiro atoms. The van der Waals surface area contributed by atoms with E-state index in [4.69, 9.17) is 4.74 Å². The first kappa shape index (κ1) is 10.0. The second kappa shape index (κ2) is 5.55. The van der Waals surface area contributed by atoms with E-state index in [1.54, 1.807) is 0 Å². The van der Waals surface area contributed by atoms with E-state index in [1.807, 2.05) is 0 Å². The topological polar surface area (TPSA) is 12.5 Å². The fourth-order valence-corrected chi connectivity index (χ4v) is 1.75. The maximum atomic E-state index is 5.42. The van der Waals surface area contributed by atoms with E-state index < -0.39 is 0 Å². The number of hydrogen-bond acceptors (Lipinski definition) is 2. The van der Waals surface area contributed by atoms with Gasteiger partial charge in [-0.15, -0.1) is 0 Å². The van der Waals surface area contributed by atoms with Crippen LogP contribution in [0.15, 0.2) is 0 Å². The summed E-state index contributed by atoms with van der Waals surface area (Å²) >= 11 is 0. The van der Waals surface area contributed by atoms with Gasteiger partial charge in [-0.05, 0) is 45.3 Å². The van der Waals surface area contributed by atoms with Gasteiger partial charge in [-0.25, -0.2) is 0 Å². The van der Waals surface area contributed by atoms with Crippen LogP contribution in [0, 0.1) is 5.92 Å². The van der Waals surface area contributed by atoms with Gasteiger partial charge in [0.25, 0.3) is 0 Å². The zero-order valence-corrected chi connectivity index (χ0v) is 8.38. The number of rotatable bonds is 4. The monoisotopic (exact) mass is 171 g/mol. The molecule has 0 aromatic heterocycles. The fraction of sp³-hybridized carbons (Fsp3) is 1.00. The summed E-state index contributed by atoms with van der Waals surface area (Å²) in [5.74, 6) is 0.827. The predicted molar refractivity (Wildman–Crippen MR) is 51.3 cm³/mol. The van der Waals surface area contributed by atoms with Crippen molar-refractivity contribution in [2.45, 2.75) is 26.7 Å². The number of ether oxygens (including phenoxy) is 1. The summed E-state index contributed by atoms with van der Waals surface area (Å²) in [7, 11) is 0. The molecule has 0 atom stereocenters. The predicted octanol–water partition coefficient (Wildman–Crippen LogP) is 1.75. The fourth-order valence-electron chi connectivity index (χ4n) is 1.75. The van der Waals surface area contributed by atoms with Crippen LogP contribution in [-0.2, 0) is 4.74 Å². The molecule has 0 aliphatic carbocycles. The molecule has 0 aromatic carbocycles. The van der Waals surface area contributed by atoms with Crippen molar-refractivity contribution in [1.82, 2.24) is 4.90 Å². The van der Waals surface area contributed by atoms with Crippen LogP contribution >= 0.6 is 0 Å². The van der Waals surface area contributed by atoms with Crippen LogP contribution in [-0.4, -0.2) is 37.7 Å². The Kier molecular flexibility index (Phi) is 4.62. The van der Waals surface area contributed by atoms with Gasteiger partial charge < -0.3 is 9.64 Å². The quantitative estimate of drug-likeness (QED) is 0.639. The molecular formula is C10H21NO. The van der Waals surface area contributed by atoms with Gasteiger partial charge in [0.2, 0.25) is 0 Å². The van der Waals surface area contributed by atoms with Crippen molar-refractivity contribution in [3.8, 4) is 0 Å². The zero-order valence-electron chi connectivity index (χ0n) is 8.38. The first-order valence-corrected chi connectivity index (χ1v) is 5.16. The standard InChI is InChI=1S/C10H21NO/c1-3-11-7-5-10(6-8-11)9-12-4-2/h10H,3-9H2,1-2H3. The lowest BCUT2D eigenvalue weighted by atomic mass is 9.98. The molecule has 1 heterocycles. The first-order valence-electron chi connectivity index (χ1n) is 5.16. The molecule has 72 valence electrons. The van der Waals surface area contributed by atoms with Gasteiger partial charge >= 0.3 is 0 Å². The normalized spacial score (nSPS) is 21.5. The highest BCUT2D eigenvalue weighted by molar-refractivity contribution is 4.70. The zero-order chi connectivity index (χ0) is 8.81. The van der Waals surface area contributed by atoms with Crippen LogP contribution in [0.4, 0.5) is 0 Å². The van der Waals surface area contributed by atoms with Crippen molar-refractivity contribution in [3.63, 3.8) is 0 Å². The summed E-state index contributed by atoms with van der Waals surface area (Å²) in [4.78, 5) is 2.52. The van der Waals surface area contributed by atoms with E-state index >= 15 is 0 Å². The second-order valence-corrected chi connectivity index (χ2v) is 3.54. The first-order chi connectivity index (χ1) is 5.86. The molecule has 1 aliphatic heterocycles. The van der Waals surface area contributed by atoms with Crippen molar-refractivity contribution >= 4 is 0 Å². The highest BCUT2D eigenvalue weighted by Gasteiger charge is 2.17. The summed E-state index contributed by atoms with van der Waals surface area (Å²) in [6.07, 6.45) is 2.65. The van der Waals surface area contributed by atoms with Gasteiger partial charge in [0.05, 0.1) is 0 Å². The van der Waals surface area contributed by atoms with E-state index in [9.17, 15) is 0 Å². The minimum atomic E-state index is 0.827. The molecule has 1 fully saturated rings. The molecular weight excluding hydrogens is 150 g/mol. The van der Waals surface area contributed by atoms with Gasteiger partial charge in [0.1, 0.15) is 0 Å². The molecule has 0 bridgehead atoms.